The first-order valence-corrected chi connectivity index (χ1v) is 8.47. The third kappa shape index (κ3) is 10.3. The third-order valence-electron chi connectivity index (χ3n) is 3.48. The first-order valence-electron chi connectivity index (χ1n) is 8.47. The van der Waals surface area contributed by atoms with Crippen molar-refractivity contribution < 1.29 is 13.9 Å². The number of ether oxygens (including phenoxy) is 2. The van der Waals surface area contributed by atoms with Crippen molar-refractivity contribution in [1.82, 2.24) is 15.5 Å². The Labute approximate surface area is 145 Å². The summed E-state index contributed by atoms with van der Waals surface area (Å²) in [5.41, 5.74) is 0. The molecule has 24 heavy (non-hydrogen) atoms. The summed E-state index contributed by atoms with van der Waals surface area (Å²) in [6.45, 7) is 5.62. The molecule has 0 aliphatic heterocycles. The van der Waals surface area contributed by atoms with Crippen molar-refractivity contribution in [3.05, 3.63) is 24.2 Å². The maximum atomic E-state index is 5.34. The Bertz CT molecular complexity index is 423. The van der Waals surface area contributed by atoms with Crippen molar-refractivity contribution in [2.75, 3.05) is 67.2 Å². The van der Waals surface area contributed by atoms with Crippen molar-refractivity contribution in [1.29, 1.82) is 0 Å². The van der Waals surface area contributed by atoms with Gasteiger partial charge in [-0.25, -0.2) is 0 Å². The van der Waals surface area contributed by atoms with E-state index < -0.39 is 0 Å². The van der Waals surface area contributed by atoms with Crippen LogP contribution in [-0.4, -0.2) is 78.1 Å². The van der Waals surface area contributed by atoms with Gasteiger partial charge in [-0.15, -0.1) is 0 Å². The third-order valence-corrected chi connectivity index (χ3v) is 3.48. The molecule has 0 aliphatic carbocycles. The van der Waals surface area contributed by atoms with Crippen LogP contribution in [0.4, 0.5) is 0 Å². The SMILES string of the molecule is COCCCN(C)CCN=C(NCCOC)NCCc1ccco1. The van der Waals surface area contributed by atoms with Crippen LogP contribution in [0, 0.1) is 0 Å². The normalized spacial score (nSPS) is 11.9. The van der Waals surface area contributed by atoms with E-state index in [1.807, 2.05) is 12.1 Å². The molecule has 0 amide bonds. The lowest BCUT2D eigenvalue weighted by Crippen LogP contribution is -2.40. The van der Waals surface area contributed by atoms with Crippen LogP contribution in [0.1, 0.15) is 12.2 Å². The van der Waals surface area contributed by atoms with Crippen LogP contribution in [0.5, 0.6) is 0 Å². The molecular formula is C17H32N4O3. The quantitative estimate of drug-likeness (QED) is 0.317. The molecule has 0 radical (unpaired) electrons. The lowest BCUT2D eigenvalue weighted by atomic mass is 10.3. The molecule has 0 atom stereocenters. The molecule has 0 saturated heterocycles. The Hall–Kier alpha value is -1.57. The van der Waals surface area contributed by atoms with Gasteiger partial charge in [-0.1, -0.05) is 0 Å². The molecule has 0 fully saturated rings. The maximum absolute atomic E-state index is 5.34. The van der Waals surface area contributed by atoms with Gasteiger partial charge in [0.2, 0.25) is 0 Å². The van der Waals surface area contributed by atoms with E-state index in [0.29, 0.717) is 6.61 Å². The highest BCUT2D eigenvalue weighted by Crippen LogP contribution is 1.99. The van der Waals surface area contributed by atoms with Gasteiger partial charge >= 0.3 is 0 Å². The number of hydrogen-bond acceptors (Lipinski definition) is 5. The molecule has 7 heteroatoms. The Morgan fingerprint density at radius 3 is 2.67 bits per heavy atom. The molecule has 2 N–H and O–H groups in total. The summed E-state index contributed by atoms with van der Waals surface area (Å²) in [4.78, 5) is 6.88. The van der Waals surface area contributed by atoms with Gasteiger partial charge < -0.3 is 29.4 Å². The Morgan fingerprint density at radius 2 is 1.96 bits per heavy atom. The molecule has 7 nitrogen and oxygen atoms in total. The van der Waals surface area contributed by atoms with Gasteiger partial charge in [-0.3, -0.25) is 4.99 Å². The summed E-state index contributed by atoms with van der Waals surface area (Å²) in [5, 5.41) is 6.60. The molecule has 138 valence electrons. The van der Waals surface area contributed by atoms with Crippen LogP contribution in [0.3, 0.4) is 0 Å². The monoisotopic (exact) mass is 340 g/mol. The van der Waals surface area contributed by atoms with Crippen LogP contribution in [0.25, 0.3) is 0 Å². The molecular weight excluding hydrogens is 308 g/mol. The fraction of sp³-hybridized carbons (Fsp3) is 0.706. The molecule has 0 aliphatic rings. The van der Waals surface area contributed by atoms with Crippen LogP contribution in [0.2, 0.25) is 0 Å². The van der Waals surface area contributed by atoms with Gasteiger partial charge in [0, 0.05) is 53.4 Å². The molecule has 1 aromatic heterocycles. The largest absolute Gasteiger partial charge is 0.469 e. The van der Waals surface area contributed by atoms with E-state index in [-0.39, 0.29) is 0 Å². The predicted octanol–water partition coefficient (Wildman–Crippen LogP) is 0.972. The van der Waals surface area contributed by atoms with Crippen molar-refractivity contribution in [3.8, 4) is 0 Å². The number of rotatable bonds is 13. The van der Waals surface area contributed by atoms with E-state index in [0.717, 1.165) is 63.9 Å². The molecule has 1 rings (SSSR count). The molecule has 0 aromatic carbocycles. The predicted molar refractivity (Wildman–Crippen MR) is 96.6 cm³/mol. The number of nitrogens with zero attached hydrogens (tertiary/aromatic N) is 2. The van der Waals surface area contributed by atoms with Gasteiger partial charge in [-0.05, 0) is 25.6 Å². The lowest BCUT2D eigenvalue weighted by Gasteiger charge is -2.16. The average Bonchev–Trinajstić information content (AvgIpc) is 3.08. The molecule has 1 heterocycles. The molecule has 0 saturated carbocycles. The van der Waals surface area contributed by atoms with Crippen molar-refractivity contribution in [2.45, 2.75) is 12.8 Å². The summed E-state index contributed by atoms with van der Waals surface area (Å²) >= 11 is 0. The highest BCUT2D eigenvalue weighted by atomic mass is 16.5. The summed E-state index contributed by atoms with van der Waals surface area (Å²) in [5.74, 6) is 1.78. The highest BCUT2D eigenvalue weighted by Gasteiger charge is 2.01. The summed E-state index contributed by atoms with van der Waals surface area (Å²) in [7, 11) is 5.53. The lowest BCUT2D eigenvalue weighted by molar-refractivity contribution is 0.180. The maximum Gasteiger partial charge on any atom is 0.191 e. The average molecular weight is 340 g/mol. The van der Waals surface area contributed by atoms with Crippen LogP contribution < -0.4 is 10.6 Å². The van der Waals surface area contributed by atoms with E-state index in [1.54, 1.807) is 20.5 Å². The van der Waals surface area contributed by atoms with Gasteiger partial charge in [0.05, 0.1) is 19.4 Å². The fourth-order valence-corrected chi connectivity index (χ4v) is 2.13. The number of nitrogens with one attached hydrogen (secondary N) is 2. The Morgan fingerprint density at radius 1 is 1.17 bits per heavy atom. The second-order valence-electron chi connectivity index (χ2n) is 5.56. The van der Waals surface area contributed by atoms with E-state index in [4.69, 9.17) is 13.9 Å². The fourth-order valence-electron chi connectivity index (χ4n) is 2.13. The number of hydrogen-bond donors (Lipinski definition) is 2. The number of methoxy groups -OCH3 is 2. The Balaban J connectivity index is 2.30. The molecule has 1 aromatic rings. The standard InChI is InChI=1S/C17H32N4O3/c1-21(11-5-13-22-2)12-9-19-17(20-10-15-23-3)18-8-7-16-6-4-14-24-16/h4,6,14H,5,7-13,15H2,1-3H3,(H2,18,19,20). The summed E-state index contributed by atoms with van der Waals surface area (Å²) in [6.07, 6.45) is 3.56. The van der Waals surface area contributed by atoms with E-state index in [9.17, 15) is 0 Å². The van der Waals surface area contributed by atoms with Crippen molar-refractivity contribution in [3.63, 3.8) is 0 Å². The van der Waals surface area contributed by atoms with Gasteiger partial charge in [0.15, 0.2) is 5.96 Å². The number of likely N-dealkylation sites (N-methyl/N-ethyl adjacent to an activating group) is 1. The van der Waals surface area contributed by atoms with Gasteiger partial charge in [0.1, 0.15) is 5.76 Å². The number of aliphatic imine (C=N–C) groups is 1. The van der Waals surface area contributed by atoms with Crippen molar-refractivity contribution >= 4 is 5.96 Å². The van der Waals surface area contributed by atoms with Crippen LogP contribution >= 0.6 is 0 Å². The molecule has 0 spiro atoms. The van der Waals surface area contributed by atoms with Crippen LogP contribution in [0.15, 0.2) is 27.8 Å². The molecule has 0 unspecified atom stereocenters. The molecule has 0 bridgehead atoms. The summed E-state index contributed by atoms with van der Waals surface area (Å²) < 4.78 is 15.5. The van der Waals surface area contributed by atoms with Gasteiger partial charge in [0.25, 0.3) is 0 Å². The highest BCUT2D eigenvalue weighted by molar-refractivity contribution is 5.79. The van der Waals surface area contributed by atoms with Gasteiger partial charge in [-0.2, -0.15) is 0 Å². The minimum atomic E-state index is 0.649. The zero-order valence-electron chi connectivity index (χ0n) is 15.2. The zero-order valence-corrected chi connectivity index (χ0v) is 15.2. The minimum absolute atomic E-state index is 0.649. The second kappa shape index (κ2) is 13.8. The van der Waals surface area contributed by atoms with Crippen molar-refractivity contribution in [2.24, 2.45) is 4.99 Å². The summed E-state index contributed by atoms with van der Waals surface area (Å²) in [6, 6.07) is 3.88. The van der Waals surface area contributed by atoms with Crippen LogP contribution in [-0.2, 0) is 15.9 Å². The number of furan rings is 1. The smallest absolute Gasteiger partial charge is 0.191 e. The first kappa shape index (κ1) is 20.5. The van der Waals surface area contributed by atoms with E-state index >= 15 is 0 Å². The second-order valence-corrected chi connectivity index (χ2v) is 5.56. The van der Waals surface area contributed by atoms with E-state index in [1.165, 1.54) is 0 Å². The first-order chi connectivity index (χ1) is 11.8. The Kier molecular flexibility index (Phi) is 11.8. The minimum Gasteiger partial charge on any atom is -0.469 e. The zero-order chi connectivity index (χ0) is 17.5. The topological polar surface area (TPSA) is 71.3 Å². The van der Waals surface area contributed by atoms with E-state index in [2.05, 4.69) is 27.6 Å². The number of guanidine groups is 1.